The summed E-state index contributed by atoms with van der Waals surface area (Å²) in [5.74, 6) is 2.12. The summed E-state index contributed by atoms with van der Waals surface area (Å²) in [6, 6.07) is 13.3. The summed E-state index contributed by atoms with van der Waals surface area (Å²) in [5.41, 5.74) is 1.13. The molecule has 0 bridgehead atoms. The van der Waals surface area contributed by atoms with E-state index in [2.05, 4.69) is 21.2 Å². The average Bonchev–Trinajstić information content (AvgIpc) is 3.06. The van der Waals surface area contributed by atoms with Crippen LogP contribution in [0, 0.1) is 0 Å². The second-order valence-electron chi connectivity index (χ2n) is 5.30. The van der Waals surface area contributed by atoms with Gasteiger partial charge in [0.2, 0.25) is 12.7 Å². The molecule has 0 radical (unpaired) electrons. The van der Waals surface area contributed by atoms with Crippen molar-refractivity contribution in [2.24, 2.45) is 0 Å². The predicted molar refractivity (Wildman–Crippen MR) is 93.5 cm³/mol. The number of carbonyl (C=O) groups excluding carboxylic acids is 1. The molecule has 1 aliphatic heterocycles. The minimum Gasteiger partial charge on any atom is -0.492 e. The second kappa shape index (κ2) is 8.06. The molecule has 2 aromatic carbocycles. The predicted octanol–water partition coefficient (Wildman–Crippen LogP) is 3.31. The zero-order valence-corrected chi connectivity index (χ0v) is 14.7. The molecule has 24 heavy (non-hydrogen) atoms. The van der Waals surface area contributed by atoms with Gasteiger partial charge < -0.3 is 19.5 Å². The van der Waals surface area contributed by atoms with Crippen molar-refractivity contribution in [2.75, 3.05) is 19.9 Å². The standard InChI is InChI=1S/C18H18BrNO4/c19-15-4-2-1-3-13(15)5-8-18(21)20-9-10-22-14-6-7-16-17(11-14)24-12-23-16/h1-4,6-7,11H,5,8-10,12H2,(H,20,21). The minimum atomic E-state index is 0.0139. The van der Waals surface area contributed by atoms with Crippen molar-refractivity contribution in [1.82, 2.24) is 5.32 Å². The molecule has 0 aliphatic carbocycles. The van der Waals surface area contributed by atoms with Gasteiger partial charge in [0.1, 0.15) is 12.4 Å². The van der Waals surface area contributed by atoms with E-state index in [9.17, 15) is 4.79 Å². The molecule has 0 saturated carbocycles. The summed E-state index contributed by atoms with van der Waals surface area (Å²) in [7, 11) is 0. The summed E-state index contributed by atoms with van der Waals surface area (Å²) < 4.78 is 17.2. The third-order valence-corrected chi connectivity index (χ3v) is 4.39. The average molecular weight is 392 g/mol. The fourth-order valence-electron chi connectivity index (χ4n) is 2.36. The number of fused-ring (bicyclic) bond motifs is 1. The lowest BCUT2D eigenvalue weighted by atomic mass is 10.1. The zero-order valence-electron chi connectivity index (χ0n) is 13.1. The highest BCUT2D eigenvalue weighted by Gasteiger charge is 2.13. The number of nitrogens with one attached hydrogen (secondary N) is 1. The molecule has 0 atom stereocenters. The van der Waals surface area contributed by atoms with Gasteiger partial charge in [-0.15, -0.1) is 0 Å². The second-order valence-corrected chi connectivity index (χ2v) is 6.16. The van der Waals surface area contributed by atoms with Gasteiger partial charge in [0, 0.05) is 17.0 Å². The summed E-state index contributed by atoms with van der Waals surface area (Å²) in [6.07, 6.45) is 1.16. The van der Waals surface area contributed by atoms with E-state index in [0.717, 1.165) is 15.8 Å². The van der Waals surface area contributed by atoms with Crippen molar-refractivity contribution in [1.29, 1.82) is 0 Å². The van der Waals surface area contributed by atoms with E-state index in [1.54, 1.807) is 6.07 Å². The Kier molecular flexibility index (Phi) is 5.59. The molecule has 6 heteroatoms. The van der Waals surface area contributed by atoms with Gasteiger partial charge in [-0.3, -0.25) is 4.79 Å². The van der Waals surface area contributed by atoms with E-state index in [-0.39, 0.29) is 12.7 Å². The van der Waals surface area contributed by atoms with Crippen LogP contribution in [-0.2, 0) is 11.2 Å². The van der Waals surface area contributed by atoms with Gasteiger partial charge in [0.05, 0.1) is 6.54 Å². The maximum Gasteiger partial charge on any atom is 0.231 e. The summed E-state index contributed by atoms with van der Waals surface area (Å²) >= 11 is 3.49. The number of carbonyl (C=O) groups is 1. The van der Waals surface area contributed by atoms with E-state index in [4.69, 9.17) is 14.2 Å². The third-order valence-electron chi connectivity index (χ3n) is 3.62. The number of aryl methyl sites for hydroxylation is 1. The fourth-order valence-corrected chi connectivity index (χ4v) is 2.85. The Morgan fingerprint density at radius 2 is 2.00 bits per heavy atom. The monoisotopic (exact) mass is 391 g/mol. The largest absolute Gasteiger partial charge is 0.492 e. The molecule has 0 aromatic heterocycles. The lowest BCUT2D eigenvalue weighted by Gasteiger charge is -2.09. The van der Waals surface area contributed by atoms with Crippen LogP contribution < -0.4 is 19.5 Å². The van der Waals surface area contributed by atoms with Gasteiger partial charge in [0.25, 0.3) is 0 Å². The van der Waals surface area contributed by atoms with E-state index in [0.29, 0.717) is 37.5 Å². The number of rotatable bonds is 7. The topological polar surface area (TPSA) is 56.8 Å². The van der Waals surface area contributed by atoms with E-state index >= 15 is 0 Å². The van der Waals surface area contributed by atoms with Crippen molar-refractivity contribution in [2.45, 2.75) is 12.8 Å². The highest BCUT2D eigenvalue weighted by molar-refractivity contribution is 9.10. The Hall–Kier alpha value is -2.21. The minimum absolute atomic E-state index is 0.0139. The Morgan fingerprint density at radius 1 is 1.17 bits per heavy atom. The third kappa shape index (κ3) is 4.41. The van der Waals surface area contributed by atoms with Crippen molar-refractivity contribution in [3.8, 4) is 17.2 Å². The highest BCUT2D eigenvalue weighted by atomic mass is 79.9. The van der Waals surface area contributed by atoms with Gasteiger partial charge in [-0.2, -0.15) is 0 Å². The molecule has 0 saturated heterocycles. The maximum absolute atomic E-state index is 11.9. The maximum atomic E-state index is 11.9. The molecule has 2 aromatic rings. The van der Waals surface area contributed by atoms with Crippen molar-refractivity contribution >= 4 is 21.8 Å². The summed E-state index contributed by atoms with van der Waals surface area (Å²) in [4.78, 5) is 11.9. The number of halogens is 1. The molecule has 0 spiro atoms. The van der Waals surface area contributed by atoms with Gasteiger partial charge in [0.15, 0.2) is 11.5 Å². The SMILES string of the molecule is O=C(CCc1ccccc1Br)NCCOc1ccc2c(c1)OCO2. The van der Waals surface area contributed by atoms with Gasteiger partial charge in [-0.25, -0.2) is 0 Å². The lowest BCUT2D eigenvalue weighted by molar-refractivity contribution is -0.121. The van der Waals surface area contributed by atoms with Crippen LogP contribution in [0.1, 0.15) is 12.0 Å². The molecule has 1 aliphatic rings. The van der Waals surface area contributed by atoms with Crippen molar-refractivity contribution < 1.29 is 19.0 Å². The van der Waals surface area contributed by atoms with Crippen LogP contribution in [0.15, 0.2) is 46.9 Å². The first-order valence-corrected chi connectivity index (χ1v) is 8.54. The first-order valence-electron chi connectivity index (χ1n) is 7.75. The molecule has 126 valence electrons. The first-order chi connectivity index (χ1) is 11.7. The number of amides is 1. The van der Waals surface area contributed by atoms with Gasteiger partial charge in [-0.05, 0) is 30.2 Å². The van der Waals surface area contributed by atoms with Crippen LogP contribution in [0.4, 0.5) is 0 Å². The Morgan fingerprint density at radius 3 is 2.88 bits per heavy atom. The molecular formula is C18H18BrNO4. The molecule has 0 fully saturated rings. The molecule has 0 unspecified atom stereocenters. The van der Waals surface area contributed by atoms with Crippen molar-refractivity contribution in [3.05, 3.63) is 52.5 Å². The van der Waals surface area contributed by atoms with E-state index < -0.39 is 0 Å². The van der Waals surface area contributed by atoms with Crippen LogP contribution in [0.5, 0.6) is 17.2 Å². The summed E-state index contributed by atoms with van der Waals surface area (Å²) in [6.45, 7) is 1.11. The Bertz CT molecular complexity index is 720. The molecule has 1 amide bonds. The fraction of sp³-hybridized carbons (Fsp3) is 0.278. The van der Waals surface area contributed by atoms with Crippen LogP contribution in [0.3, 0.4) is 0 Å². The molecular weight excluding hydrogens is 374 g/mol. The summed E-state index contributed by atoms with van der Waals surface area (Å²) in [5, 5.41) is 2.86. The molecule has 1 heterocycles. The first kappa shape index (κ1) is 16.6. The zero-order chi connectivity index (χ0) is 16.8. The van der Waals surface area contributed by atoms with E-state index in [1.807, 2.05) is 36.4 Å². The Labute approximate surface area is 149 Å². The quantitative estimate of drug-likeness (QED) is 0.735. The van der Waals surface area contributed by atoms with Crippen LogP contribution >= 0.6 is 15.9 Å². The van der Waals surface area contributed by atoms with Gasteiger partial charge in [-0.1, -0.05) is 34.1 Å². The van der Waals surface area contributed by atoms with Crippen LogP contribution in [0.25, 0.3) is 0 Å². The van der Waals surface area contributed by atoms with E-state index in [1.165, 1.54) is 0 Å². The van der Waals surface area contributed by atoms with Crippen molar-refractivity contribution in [3.63, 3.8) is 0 Å². The number of hydrogen-bond donors (Lipinski definition) is 1. The molecule has 1 N–H and O–H groups in total. The lowest BCUT2D eigenvalue weighted by Crippen LogP contribution is -2.28. The molecule has 5 nitrogen and oxygen atoms in total. The number of hydrogen-bond acceptors (Lipinski definition) is 4. The number of ether oxygens (including phenoxy) is 3. The Balaban J connectivity index is 1.36. The van der Waals surface area contributed by atoms with Gasteiger partial charge >= 0.3 is 0 Å². The van der Waals surface area contributed by atoms with Crippen LogP contribution in [0.2, 0.25) is 0 Å². The smallest absolute Gasteiger partial charge is 0.231 e. The molecule has 3 rings (SSSR count). The normalized spacial score (nSPS) is 12.0. The van der Waals surface area contributed by atoms with Crippen LogP contribution in [-0.4, -0.2) is 25.9 Å². The highest BCUT2D eigenvalue weighted by Crippen LogP contribution is 2.34. The number of benzene rings is 2.